The molecule has 30 heavy (non-hydrogen) atoms. The lowest BCUT2D eigenvalue weighted by Gasteiger charge is -2.11. The number of halogens is 1. The zero-order valence-corrected chi connectivity index (χ0v) is 18.1. The van der Waals surface area contributed by atoms with Crippen LogP contribution >= 0.6 is 23.4 Å². The fourth-order valence-corrected chi connectivity index (χ4v) is 3.88. The zero-order chi connectivity index (χ0) is 20.8. The summed E-state index contributed by atoms with van der Waals surface area (Å²) in [5.41, 5.74) is 3.30. The van der Waals surface area contributed by atoms with Gasteiger partial charge in [0, 0.05) is 34.4 Å². The quantitative estimate of drug-likeness (QED) is 0.261. The Morgan fingerprint density at radius 3 is 2.37 bits per heavy atom. The standard InChI is InChI=1S/C23H21ClN4OS/c1-2-17-3-7-20(8-4-17)28-22(18-11-13-25-14-12-18)26-27-23(28)30-16-15-29-21-9-5-19(24)6-10-21/h3-14H,2,15-16H2,1H3. The van der Waals surface area contributed by atoms with Crippen LogP contribution in [0.25, 0.3) is 17.1 Å². The Morgan fingerprint density at radius 2 is 1.67 bits per heavy atom. The summed E-state index contributed by atoms with van der Waals surface area (Å²) in [6, 6.07) is 19.8. The van der Waals surface area contributed by atoms with Crippen molar-refractivity contribution in [2.45, 2.75) is 18.5 Å². The van der Waals surface area contributed by atoms with Gasteiger partial charge in [0.25, 0.3) is 0 Å². The van der Waals surface area contributed by atoms with E-state index in [1.54, 1.807) is 24.2 Å². The molecule has 2 aromatic heterocycles. The molecule has 0 saturated carbocycles. The van der Waals surface area contributed by atoms with E-state index >= 15 is 0 Å². The van der Waals surface area contributed by atoms with Crippen molar-refractivity contribution in [3.05, 3.63) is 83.6 Å². The molecule has 0 fully saturated rings. The lowest BCUT2D eigenvalue weighted by molar-refractivity contribution is 0.344. The number of aryl methyl sites for hydroxylation is 1. The minimum absolute atomic E-state index is 0.554. The first-order valence-electron chi connectivity index (χ1n) is 9.71. The molecule has 5 nitrogen and oxygen atoms in total. The molecule has 7 heteroatoms. The molecule has 0 unspecified atom stereocenters. The lowest BCUT2D eigenvalue weighted by atomic mass is 10.1. The van der Waals surface area contributed by atoms with Gasteiger partial charge in [-0.1, -0.05) is 42.4 Å². The molecule has 4 rings (SSSR count). The highest BCUT2D eigenvalue weighted by Gasteiger charge is 2.16. The molecule has 2 heterocycles. The number of hydrogen-bond acceptors (Lipinski definition) is 5. The van der Waals surface area contributed by atoms with Crippen molar-refractivity contribution < 1.29 is 4.74 Å². The van der Waals surface area contributed by atoms with Crippen molar-refractivity contribution in [1.82, 2.24) is 19.7 Å². The van der Waals surface area contributed by atoms with Gasteiger partial charge in [-0.3, -0.25) is 9.55 Å². The van der Waals surface area contributed by atoms with Crippen LogP contribution in [-0.2, 0) is 6.42 Å². The minimum Gasteiger partial charge on any atom is -0.493 e. The number of thioether (sulfide) groups is 1. The van der Waals surface area contributed by atoms with Crippen LogP contribution in [0.1, 0.15) is 12.5 Å². The van der Waals surface area contributed by atoms with E-state index in [4.69, 9.17) is 16.3 Å². The first kappa shape index (κ1) is 20.4. The number of pyridine rings is 1. The van der Waals surface area contributed by atoms with Crippen LogP contribution in [0.5, 0.6) is 5.75 Å². The predicted octanol–water partition coefficient (Wildman–Crippen LogP) is 5.72. The van der Waals surface area contributed by atoms with E-state index in [0.717, 1.165) is 40.2 Å². The maximum atomic E-state index is 5.92. The van der Waals surface area contributed by atoms with E-state index < -0.39 is 0 Å². The van der Waals surface area contributed by atoms with E-state index in [9.17, 15) is 0 Å². The molecule has 0 aliphatic carbocycles. The molecule has 0 amide bonds. The maximum Gasteiger partial charge on any atom is 0.196 e. The van der Waals surface area contributed by atoms with E-state index in [1.807, 2.05) is 36.4 Å². The van der Waals surface area contributed by atoms with Crippen molar-refractivity contribution in [2.24, 2.45) is 0 Å². The molecular formula is C23H21ClN4OS. The van der Waals surface area contributed by atoms with Gasteiger partial charge in [-0.05, 0) is 60.5 Å². The molecule has 0 radical (unpaired) electrons. The molecular weight excluding hydrogens is 416 g/mol. The monoisotopic (exact) mass is 436 g/mol. The van der Waals surface area contributed by atoms with Gasteiger partial charge >= 0.3 is 0 Å². The number of nitrogens with zero attached hydrogens (tertiary/aromatic N) is 4. The summed E-state index contributed by atoms with van der Waals surface area (Å²) in [6.07, 6.45) is 4.53. The Balaban J connectivity index is 1.54. The Bertz CT molecular complexity index is 1080. The third-order valence-corrected chi connectivity index (χ3v) is 5.72. The Morgan fingerprint density at radius 1 is 0.933 bits per heavy atom. The van der Waals surface area contributed by atoms with Gasteiger partial charge in [0.2, 0.25) is 0 Å². The maximum absolute atomic E-state index is 5.92. The van der Waals surface area contributed by atoms with Crippen molar-refractivity contribution in [2.75, 3.05) is 12.4 Å². The number of aromatic nitrogens is 4. The smallest absolute Gasteiger partial charge is 0.196 e. The average Bonchev–Trinajstić information content (AvgIpc) is 3.22. The van der Waals surface area contributed by atoms with Crippen LogP contribution in [0.3, 0.4) is 0 Å². The van der Waals surface area contributed by atoms with Crippen LogP contribution in [0, 0.1) is 0 Å². The largest absolute Gasteiger partial charge is 0.493 e. The topological polar surface area (TPSA) is 52.8 Å². The van der Waals surface area contributed by atoms with Gasteiger partial charge in [0.05, 0.1) is 6.61 Å². The lowest BCUT2D eigenvalue weighted by Crippen LogP contribution is -2.03. The third-order valence-electron chi connectivity index (χ3n) is 4.57. The van der Waals surface area contributed by atoms with Crippen LogP contribution < -0.4 is 4.74 Å². The van der Waals surface area contributed by atoms with E-state index in [1.165, 1.54) is 5.56 Å². The summed E-state index contributed by atoms with van der Waals surface area (Å²) in [6.45, 7) is 2.71. The van der Waals surface area contributed by atoms with Crippen molar-refractivity contribution in [3.63, 3.8) is 0 Å². The molecule has 0 saturated heterocycles. The van der Waals surface area contributed by atoms with Crippen LogP contribution in [0.15, 0.2) is 78.2 Å². The first-order chi connectivity index (χ1) is 14.7. The third kappa shape index (κ3) is 4.83. The molecule has 2 aromatic carbocycles. The molecule has 0 atom stereocenters. The van der Waals surface area contributed by atoms with Crippen molar-refractivity contribution >= 4 is 23.4 Å². The van der Waals surface area contributed by atoms with Crippen molar-refractivity contribution in [3.8, 4) is 22.8 Å². The average molecular weight is 437 g/mol. The van der Waals surface area contributed by atoms with Crippen molar-refractivity contribution in [1.29, 1.82) is 0 Å². The van der Waals surface area contributed by atoms with E-state index in [2.05, 4.69) is 50.9 Å². The molecule has 4 aromatic rings. The summed E-state index contributed by atoms with van der Waals surface area (Å²) < 4.78 is 7.89. The number of hydrogen-bond donors (Lipinski definition) is 0. The predicted molar refractivity (Wildman–Crippen MR) is 122 cm³/mol. The van der Waals surface area contributed by atoms with Crippen LogP contribution in [0.4, 0.5) is 0 Å². The highest BCUT2D eigenvalue weighted by molar-refractivity contribution is 7.99. The SMILES string of the molecule is CCc1ccc(-n2c(SCCOc3ccc(Cl)cc3)nnc2-c2ccncc2)cc1. The highest BCUT2D eigenvalue weighted by Crippen LogP contribution is 2.28. The van der Waals surface area contributed by atoms with Gasteiger partial charge in [0.1, 0.15) is 5.75 Å². The van der Waals surface area contributed by atoms with Gasteiger partial charge in [-0.25, -0.2) is 0 Å². The summed E-state index contributed by atoms with van der Waals surface area (Å²) in [7, 11) is 0. The first-order valence-corrected chi connectivity index (χ1v) is 11.1. The second-order valence-corrected chi connectivity index (χ2v) is 8.05. The summed E-state index contributed by atoms with van der Waals surface area (Å²) in [4.78, 5) is 4.11. The Kier molecular flexibility index (Phi) is 6.67. The van der Waals surface area contributed by atoms with Gasteiger partial charge in [-0.15, -0.1) is 10.2 Å². The minimum atomic E-state index is 0.554. The number of benzene rings is 2. The summed E-state index contributed by atoms with van der Waals surface area (Å²) in [5, 5.41) is 10.4. The van der Waals surface area contributed by atoms with Crippen LogP contribution in [0.2, 0.25) is 5.02 Å². The number of ether oxygens (including phenoxy) is 1. The molecule has 0 bridgehead atoms. The van der Waals surface area contributed by atoms with Gasteiger partial charge in [-0.2, -0.15) is 0 Å². The zero-order valence-electron chi connectivity index (χ0n) is 16.5. The van der Waals surface area contributed by atoms with Crippen LogP contribution in [-0.4, -0.2) is 32.1 Å². The molecule has 152 valence electrons. The van der Waals surface area contributed by atoms with Gasteiger partial charge in [0.15, 0.2) is 11.0 Å². The molecule has 0 spiro atoms. The summed E-state index contributed by atoms with van der Waals surface area (Å²) in [5.74, 6) is 2.33. The highest BCUT2D eigenvalue weighted by atomic mass is 35.5. The second-order valence-electron chi connectivity index (χ2n) is 6.55. The Labute approximate surface area is 185 Å². The van der Waals surface area contributed by atoms with Gasteiger partial charge < -0.3 is 4.74 Å². The second kappa shape index (κ2) is 9.78. The molecule has 0 aliphatic heterocycles. The number of rotatable bonds is 8. The Hall–Kier alpha value is -2.83. The fourth-order valence-electron chi connectivity index (χ4n) is 2.99. The summed E-state index contributed by atoms with van der Waals surface area (Å²) >= 11 is 7.53. The normalized spacial score (nSPS) is 10.9. The van der Waals surface area contributed by atoms with E-state index in [-0.39, 0.29) is 0 Å². The van der Waals surface area contributed by atoms with E-state index in [0.29, 0.717) is 11.6 Å². The molecule has 0 N–H and O–H groups in total. The molecule has 0 aliphatic rings. The fraction of sp³-hybridized carbons (Fsp3) is 0.174.